The number of hydrogen-bond donors (Lipinski definition) is 1. The van der Waals surface area contributed by atoms with Crippen molar-refractivity contribution in [3.05, 3.63) is 27.1 Å². The van der Waals surface area contributed by atoms with E-state index in [9.17, 15) is 13.2 Å². The van der Waals surface area contributed by atoms with Crippen LogP contribution in [0.4, 0.5) is 13.2 Å². The Morgan fingerprint density at radius 2 is 2.08 bits per heavy atom. The molecule has 0 bridgehead atoms. The maximum atomic E-state index is 12.3. The molecule has 1 heterocycles. The molecule has 0 amide bonds. The van der Waals surface area contributed by atoms with E-state index in [1.165, 1.54) is 0 Å². The normalized spacial score (nSPS) is 11.8. The number of hydrogen-bond acceptors (Lipinski definition) is 2. The summed E-state index contributed by atoms with van der Waals surface area (Å²) in [5.74, 6) is 0. The Morgan fingerprint density at radius 1 is 1.46 bits per heavy atom. The van der Waals surface area contributed by atoms with Crippen LogP contribution in [0.3, 0.4) is 0 Å². The fraction of sp³-hybridized carbons (Fsp3) is 0.286. The molecule has 0 fully saturated rings. The molecular weight excluding hydrogens is 296 g/mol. The Hall–Kier alpha value is -0.370. The number of aromatic nitrogens is 1. The maximum absolute atomic E-state index is 12.3. The molecule has 1 aromatic heterocycles. The Morgan fingerprint density at radius 3 is 2.46 bits per heavy atom. The molecule has 6 heteroatoms. The molecule has 0 radical (unpaired) electrons. The molecular formula is C7H6F3IN2. The van der Waals surface area contributed by atoms with Crippen molar-refractivity contribution in [2.75, 3.05) is 0 Å². The number of rotatable bonds is 1. The van der Waals surface area contributed by atoms with E-state index in [4.69, 9.17) is 5.73 Å². The van der Waals surface area contributed by atoms with Crippen molar-refractivity contribution in [3.8, 4) is 0 Å². The van der Waals surface area contributed by atoms with Crippen LogP contribution >= 0.6 is 22.6 Å². The van der Waals surface area contributed by atoms with E-state index >= 15 is 0 Å². The summed E-state index contributed by atoms with van der Waals surface area (Å²) in [6, 6.07) is 0.935. The van der Waals surface area contributed by atoms with Crippen molar-refractivity contribution in [2.24, 2.45) is 5.73 Å². The molecule has 0 atom stereocenters. The third-order valence-corrected chi connectivity index (χ3v) is 2.44. The molecule has 0 aliphatic heterocycles. The van der Waals surface area contributed by atoms with E-state index in [0.29, 0.717) is 3.70 Å². The van der Waals surface area contributed by atoms with Crippen LogP contribution in [0.2, 0.25) is 0 Å². The van der Waals surface area contributed by atoms with Crippen LogP contribution in [0.15, 0.2) is 12.3 Å². The van der Waals surface area contributed by atoms with Gasteiger partial charge in [0.2, 0.25) is 0 Å². The SMILES string of the molecule is NCc1c(C(F)(F)F)ccnc1I. The van der Waals surface area contributed by atoms with Gasteiger partial charge in [-0.15, -0.1) is 0 Å². The van der Waals surface area contributed by atoms with Crippen molar-refractivity contribution in [1.82, 2.24) is 4.98 Å². The highest BCUT2D eigenvalue weighted by molar-refractivity contribution is 14.1. The minimum Gasteiger partial charge on any atom is -0.326 e. The van der Waals surface area contributed by atoms with Gasteiger partial charge in [-0.3, -0.25) is 0 Å². The molecule has 2 nitrogen and oxygen atoms in total. The highest BCUT2D eigenvalue weighted by Gasteiger charge is 2.33. The van der Waals surface area contributed by atoms with Gasteiger partial charge in [-0.05, 0) is 28.7 Å². The minimum atomic E-state index is -4.35. The van der Waals surface area contributed by atoms with Crippen molar-refractivity contribution in [1.29, 1.82) is 0 Å². The van der Waals surface area contributed by atoms with Gasteiger partial charge in [0, 0.05) is 18.3 Å². The topological polar surface area (TPSA) is 38.9 Å². The van der Waals surface area contributed by atoms with Crippen LogP contribution in [-0.4, -0.2) is 4.98 Å². The number of nitrogens with two attached hydrogens (primary N) is 1. The highest BCUT2D eigenvalue weighted by Crippen LogP contribution is 2.32. The fourth-order valence-electron chi connectivity index (χ4n) is 0.927. The Kier molecular flexibility index (Phi) is 3.12. The molecule has 0 saturated carbocycles. The Labute approximate surface area is 86.5 Å². The van der Waals surface area contributed by atoms with Crippen molar-refractivity contribution < 1.29 is 13.2 Å². The predicted molar refractivity (Wildman–Crippen MR) is 49.8 cm³/mol. The lowest BCUT2D eigenvalue weighted by Gasteiger charge is -2.11. The van der Waals surface area contributed by atoms with Gasteiger partial charge in [0.25, 0.3) is 0 Å². The number of alkyl halides is 3. The van der Waals surface area contributed by atoms with Crippen LogP contribution in [0.25, 0.3) is 0 Å². The standard InChI is InChI=1S/C7H6F3IN2/c8-7(9,10)5-1-2-13-6(11)4(5)3-12/h1-2H,3,12H2. The fourth-order valence-corrected chi connectivity index (χ4v) is 1.60. The Bertz CT molecular complexity index is 311. The largest absolute Gasteiger partial charge is 0.416 e. The quantitative estimate of drug-likeness (QED) is 0.638. The molecule has 1 rings (SSSR count). The lowest BCUT2D eigenvalue weighted by Crippen LogP contribution is -2.14. The smallest absolute Gasteiger partial charge is 0.326 e. The van der Waals surface area contributed by atoms with Gasteiger partial charge in [0.1, 0.15) is 3.70 Å². The van der Waals surface area contributed by atoms with Crippen LogP contribution in [0, 0.1) is 3.70 Å². The summed E-state index contributed by atoms with van der Waals surface area (Å²) in [6.07, 6.45) is -3.22. The first kappa shape index (κ1) is 10.7. The summed E-state index contributed by atoms with van der Waals surface area (Å²) in [6.45, 7) is -0.152. The van der Waals surface area contributed by atoms with Crippen LogP contribution < -0.4 is 5.73 Å². The number of pyridine rings is 1. The summed E-state index contributed by atoms with van der Waals surface area (Å²) in [7, 11) is 0. The zero-order valence-corrected chi connectivity index (χ0v) is 8.56. The van der Waals surface area contributed by atoms with Crippen molar-refractivity contribution in [3.63, 3.8) is 0 Å². The molecule has 72 valence electrons. The molecule has 0 aliphatic rings. The van der Waals surface area contributed by atoms with Gasteiger partial charge in [-0.1, -0.05) is 0 Å². The van der Waals surface area contributed by atoms with Crippen LogP contribution in [0.1, 0.15) is 11.1 Å². The zero-order valence-electron chi connectivity index (χ0n) is 6.40. The third-order valence-electron chi connectivity index (χ3n) is 1.51. The molecule has 13 heavy (non-hydrogen) atoms. The Balaban J connectivity index is 3.29. The van der Waals surface area contributed by atoms with Crippen LogP contribution in [-0.2, 0) is 12.7 Å². The molecule has 0 unspecified atom stereocenters. The molecule has 1 aromatic rings. The molecule has 0 spiro atoms. The summed E-state index contributed by atoms with van der Waals surface area (Å²) in [5.41, 5.74) is 4.56. The van der Waals surface area contributed by atoms with E-state index in [2.05, 4.69) is 4.98 Å². The monoisotopic (exact) mass is 302 g/mol. The highest BCUT2D eigenvalue weighted by atomic mass is 127. The summed E-state index contributed by atoms with van der Waals surface area (Å²) < 4.78 is 37.3. The number of nitrogens with zero attached hydrogens (tertiary/aromatic N) is 1. The third kappa shape index (κ3) is 2.31. The molecule has 2 N–H and O–H groups in total. The lowest BCUT2D eigenvalue weighted by atomic mass is 10.1. The van der Waals surface area contributed by atoms with Gasteiger partial charge < -0.3 is 5.73 Å². The van der Waals surface area contributed by atoms with E-state index < -0.39 is 11.7 Å². The lowest BCUT2D eigenvalue weighted by molar-refractivity contribution is -0.138. The first-order valence-corrected chi connectivity index (χ1v) is 4.45. The van der Waals surface area contributed by atoms with E-state index in [0.717, 1.165) is 12.3 Å². The van der Waals surface area contributed by atoms with Gasteiger partial charge >= 0.3 is 6.18 Å². The molecule has 0 aliphatic carbocycles. The van der Waals surface area contributed by atoms with Gasteiger partial charge in [-0.2, -0.15) is 13.2 Å². The van der Waals surface area contributed by atoms with E-state index in [1.54, 1.807) is 22.6 Å². The van der Waals surface area contributed by atoms with Crippen molar-refractivity contribution in [2.45, 2.75) is 12.7 Å². The average molecular weight is 302 g/mol. The summed E-state index contributed by atoms with van der Waals surface area (Å²) in [5, 5.41) is 0. The second-order valence-corrected chi connectivity index (χ2v) is 3.35. The average Bonchev–Trinajstić information content (AvgIpc) is 2.02. The van der Waals surface area contributed by atoms with E-state index in [1.807, 2.05) is 0 Å². The second kappa shape index (κ2) is 3.79. The second-order valence-electron chi connectivity index (χ2n) is 2.33. The minimum absolute atomic E-state index is 0.0515. The molecule has 0 saturated heterocycles. The molecule has 0 aromatic carbocycles. The number of halogens is 4. The maximum Gasteiger partial charge on any atom is 0.416 e. The van der Waals surface area contributed by atoms with Crippen molar-refractivity contribution >= 4 is 22.6 Å². The summed E-state index contributed by atoms with van der Waals surface area (Å²) in [4.78, 5) is 3.73. The van der Waals surface area contributed by atoms with Gasteiger partial charge in [0.15, 0.2) is 0 Å². The van der Waals surface area contributed by atoms with E-state index in [-0.39, 0.29) is 12.1 Å². The summed E-state index contributed by atoms with van der Waals surface area (Å²) >= 11 is 1.73. The zero-order chi connectivity index (χ0) is 10.1. The first-order chi connectivity index (χ1) is 5.96. The predicted octanol–water partition coefficient (Wildman–Crippen LogP) is 2.16. The van der Waals surface area contributed by atoms with Gasteiger partial charge in [0.05, 0.1) is 5.56 Å². The van der Waals surface area contributed by atoms with Gasteiger partial charge in [-0.25, -0.2) is 4.98 Å². The first-order valence-electron chi connectivity index (χ1n) is 3.37. The van der Waals surface area contributed by atoms with Crippen LogP contribution in [0.5, 0.6) is 0 Å².